The quantitative estimate of drug-likeness (QED) is 0.145. The smallest absolute Gasteiger partial charge is 0.305 e. The van der Waals surface area contributed by atoms with Gasteiger partial charge in [0.2, 0.25) is 5.91 Å². The second-order valence-electron chi connectivity index (χ2n) is 6.54. The highest BCUT2D eigenvalue weighted by Gasteiger charge is 2.15. The number of nitrogens with two attached hydrogens (primary N) is 3. The zero-order chi connectivity index (χ0) is 27.2. The first kappa shape index (κ1) is 38.7. The molecule has 12 nitrogen and oxygen atoms in total. The predicted octanol–water partition coefficient (Wildman–Crippen LogP) is -0.279. The van der Waals surface area contributed by atoms with Crippen LogP contribution in [0, 0.1) is 12.8 Å². The van der Waals surface area contributed by atoms with Crippen molar-refractivity contribution in [2.45, 2.75) is 58.4 Å². The lowest BCUT2D eigenvalue weighted by molar-refractivity contribution is -0.139. The predicted molar refractivity (Wildman–Crippen MR) is 130 cm³/mol. The van der Waals surface area contributed by atoms with Gasteiger partial charge in [-0.3, -0.25) is 19.2 Å². The summed E-state index contributed by atoms with van der Waals surface area (Å²) < 4.78 is 10.2. The molecule has 200 valence electrons. The van der Waals surface area contributed by atoms with E-state index in [1.165, 1.54) is 25.7 Å². The van der Waals surface area contributed by atoms with Crippen molar-refractivity contribution >= 4 is 23.6 Å². The van der Waals surface area contributed by atoms with Gasteiger partial charge < -0.3 is 42.2 Å². The fourth-order valence-corrected chi connectivity index (χ4v) is 1.46. The molecule has 1 rings (SSSR count). The summed E-state index contributed by atoms with van der Waals surface area (Å²) in [4.78, 5) is 40.6. The third-order valence-corrected chi connectivity index (χ3v) is 3.53. The summed E-state index contributed by atoms with van der Waals surface area (Å²) in [6.07, 6.45) is 14.2. The van der Waals surface area contributed by atoms with Crippen LogP contribution in [-0.4, -0.2) is 85.9 Å². The molecule has 1 atom stereocenters. The molecule has 0 heterocycles. The highest BCUT2D eigenvalue weighted by atomic mass is 16.5. The standard InChI is InChI=1S/C10H21N3O5.C4H9NO.C4H8.C2H4O2.C2H2/c11-1-3-17-5-6-18-4-2-13-10(16)8(12)7-9(14)15;1-2-4(6)3-5;1-2-4-3-1;1-2(3)4;1-2/h8H,1-7,11-12H2,(H,13,16)(H,14,15);2-3,5H2,1H3;1-4H2;1H3,(H,3,4);1-2H/t8-;;;;/m0..../s1. The van der Waals surface area contributed by atoms with Crippen LogP contribution in [0.3, 0.4) is 0 Å². The number of carbonyl (C=O) groups excluding carboxylic acids is 2. The number of hydrogen-bond donors (Lipinski definition) is 6. The van der Waals surface area contributed by atoms with Gasteiger partial charge in [-0.25, -0.2) is 0 Å². The Hall–Kier alpha value is -2.56. The molecule has 0 bridgehead atoms. The molecule has 0 aromatic rings. The molecule has 34 heavy (non-hydrogen) atoms. The first-order valence-electron chi connectivity index (χ1n) is 11.0. The molecule has 0 spiro atoms. The number of ether oxygens (including phenoxy) is 2. The molecule has 1 aliphatic carbocycles. The number of terminal acetylenes is 1. The van der Waals surface area contributed by atoms with Gasteiger partial charge in [0.15, 0.2) is 0 Å². The zero-order valence-corrected chi connectivity index (χ0v) is 20.5. The van der Waals surface area contributed by atoms with Crippen molar-refractivity contribution in [2.75, 3.05) is 46.1 Å². The van der Waals surface area contributed by atoms with E-state index in [0.29, 0.717) is 39.4 Å². The average molecular weight is 493 g/mol. The Morgan fingerprint density at radius 3 is 1.68 bits per heavy atom. The van der Waals surface area contributed by atoms with E-state index in [-0.39, 0.29) is 25.3 Å². The number of carboxylic acid groups (broad SMARTS) is 2. The van der Waals surface area contributed by atoms with Crippen molar-refractivity contribution in [3.63, 3.8) is 0 Å². The molecular formula is C22H44N4O8. The van der Waals surface area contributed by atoms with Crippen LogP contribution in [-0.2, 0) is 28.7 Å². The molecular weight excluding hydrogens is 448 g/mol. The van der Waals surface area contributed by atoms with E-state index in [2.05, 4.69) is 18.2 Å². The Labute approximate surface area is 202 Å². The Kier molecular flexibility index (Phi) is 37.1. The van der Waals surface area contributed by atoms with Crippen molar-refractivity contribution < 1.29 is 38.9 Å². The minimum atomic E-state index is -1.11. The van der Waals surface area contributed by atoms with Crippen molar-refractivity contribution in [3.05, 3.63) is 0 Å². The zero-order valence-electron chi connectivity index (χ0n) is 20.5. The highest BCUT2D eigenvalue weighted by molar-refractivity contribution is 5.85. The van der Waals surface area contributed by atoms with E-state index in [4.69, 9.17) is 41.7 Å². The molecule has 0 radical (unpaired) electrons. The molecule has 1 fully saturated rings. The van der Waals surface area contributed by atoms with Gasteiger partial charge in [-0.15, -0.1) is 12.8 Å². The van der Waals surface area contributed by atoms with Gasteiger partial charge in [-0.05, 0) is 0 Å². The van der Waals surface area contributed by atoms with Crippen LogP contribution < -0.4 is 22.5 Å². The SMILES string of the molecule is C#C.C1CCC1.CC(=O)O.CCC(=O)CN.NCCOCCOCCNC(=O)[C@@H](N)CC(=O)O. The molecule has 1 saturated carbocycles. The number of ketones is 1. The number of nitrogens with one attached hydrogen (secondary N) is 1. The van der Waals surface area contributed by atoms with E-state index < -0.39 is 23.9 Å². The number of Topliss-reactive ketones (excluding diaryl/α,β-unsaturated/α-hetero) is 1. The summed E-state index contributed by atoms with van der Waals surface area (Å²) >= 11 is 0. The van der Waals surface area contributed by atoms with E-state index in [1.807, 2.05) is 0 Å². The van der Waals surface area contributed by atoms with Crippen LogP contribution >= 0.6 is 0 Å². The van der Waals surface area contributed by atoms with Gasteiger partial charge in [-0.1, -0.05) is 32.6 Å². The average Bonchev–Trinajstić information content (AvgIpc) is 2.74. The maximum absolute atomic E-state index is 11.3. The van der Waals surface area contributed by atoms with Gasteiger partial charge in [0.05, 0.1) is 45.4 Å². The Bertz CT molecular complexity index is 512. The van der Waals surface area contributed by atoms with Gasteiger partial charge in [0, 0.05) is 26.4 Å². The molecule has 0 unspecified atom stereocenters. The van der Waals surface area contributed by atoms with Crippen LogP contribution in [0.4, 0.5) is 0 Å². The summed E-state index contributed by atoms with van der Waals surface area (Å²) in [6.45, 7) is 5.49. The number of carbonyl (C=O) groups is 4. The molecule has 1 aliphatic rings. The molecule has 0 aliphatic heterocycles. The van der Waals surface area contributed by atoms with Crippen molar-refractivity contribution in [2.24, 2.45) is 17.2 Å². The fraction of sp³-hybridized carbons (Fsp3) is 0.727. The number of carboxylic acids is 2. The summed E-state index contributed by atoms with van der Waals surface area (Å²) in [5.41, 5.74) is 15.5. The Morgan fingerprint density at radius 2 is 1.38 bits per heavy atom. The van der Waals surface area contributed by atoms with Crippen LogP contribution in [0.2, 0.25) is 0 Å². The maximum atomic E-state index is 11.3. The van der Waals surface area contributed by atoms with E-state index >= 15 is 0 Å². The van der Waals surface area contributed by atoms with Crippen LogP contribution in [0.25, 0.3) is 0 Å². The summed E-state index contributed by atoms with van der Waals surface area (Å²) in [7, 11) is 0. The van der Waals surface area contributed by atoms with Crippen molar-refractivity contribution in [1.29, 1.82) is 0 Å². The molecule has 1 amide bonds. The molecule has 0 saturated heterocycles. The lowest BCUT2D eigenvalue weighted by atomic mass is 10.0. The first-order valence-corrected chi connectivity index (χ1v) is 11.0. The lowest BCUT2D eigenvalue weighted by Crippen LogP contribution is -2.43. The van der Waals surface area contributed by atoms with Crippen molar-refractivity contribution in [1.82, 2.24) is 5.32 Å². The third-order valence-electron chi connectivity index (χ3n) is 3.53. The second kappa shape index (κ2) is 32.6. The van der Waals surface area contributed by atoms with Crippen LogP contribution in [0.5, 0.6) is 0 Å². The lowest BCUT2D eigenvalue weighted by Gasteiger charge is -2.10. The van der Waals surface area contributed by atoms with E-state index in [9.17, 15) is 14.4 Å². The van der Waals surface area contributed by atoms with Crippen LogP contribution in [0.15, 0.2) is 0 Å². The normalized spacial score (nSPS) is 11.5. The summed E-state index contributed by atoms with van der Waals surface area (Å²) in [5.74, 6) is -2.32. The van der Waals surface area contributed by atoms with E-state index in [1.54, 1.807) is 6.92 Å². The number of amides is 1. The van der Waals surface area contributed by atoms with Gasteiger partial charge in [0.1, 0.15) is 5.78 Å². The molecule has 12 heteroatoms. The maximum Gasteiger partial charge on any atom is 0.305 e. The Balaban J connectivity index is -0.000000226. The molecule has 0 aromatic carbocycles. The topological polar surface area (TPSA) is 217 Å². The van der Waals surface area contributed by atoms with Gasteiger partial charge in [0.25, 0.3) is 5.97 Å². The minimum Gasteiger partial charge on any atom is -0.481 e. The van der Waals surface area contributed by atoms with Gasteiger partial charge in [-0.2, -0.15) is 0 Å². The van der Waals surface area contributed by atoms with Crippen LogP contribution in [0.1, 0.15) is 52.4 Å². The highest BCUT2D eigenvalue weighted by Crippen LogP contribution is 2.15. The fourth-order valence-electron chi connectivity index (χ4n) is 1.46. The molecule has 9 N–H and O–H groups in total. The first-order chi connectivity index (χ1) is 16.1. The van der Waals surface area contributed by atoms with Crippen molar-refractivity contribution in [3.8, 4) is 12.8 Å². The van der Waals surface area contributed by atoms with Gasteiger partial charge >= 0.3 is 5.97 Å². The summed E-state index contributed by atoms with van der Waals surface area (Å²) in [6, 6.07) is -1.03. The number of aliphatic carboxylic acids is 2. The van der Waals surface area contributed by atoms with E-state index in [0.717, 1.165) is 6.92 Å². The number of rotatable bonds is 13. The minimum absolute atomic E-state index is 0.120. The second-order valence-corrected chi connectivity index (χ2v) is 6.54. The number of hydrogen-bond acceptors (Lipinski definition) is 9. The monoisotopic (exact) mass is 492 g/mol. The summed E-state index contributed by atoms with van der Waals surface area (Å²) in [5, 5.41) is 18.3. The molecule has 0 aromatic heterocycles. The largest absolute Gasteiger partial charge is 0.481 e. The third kappa shape index (κ3) is 43.3. The Morgan fingerprint density at radius 1 is 0.941 bits per heavy atom.